The van der Waals surface area contributed by atoms with Crippen LogP contribution in [0.15, 0.2) is 17.1 Å². The third-order valence-electron chi connectivity index (χ3n) is 5.89. The number of halogens is 2. The zero-order chi connectivity index (χ0) is 24.1. The van der Waals surface area contributed by atoms with Crippen LogP contribution in [0.2, 0.25) is 5.02 Å². The Morgan fingerprint density at radius 1 is 1.30 bits per heavy atom. The van der Waals surface area contributed by atoms with Gasteiger partial charge in [0, 0.05) is 31.9 Å². The number of carboxylic acids is 1. The summed E-state index contributed by atoms with van der Waals surface area (Å²) in [6, 6.07) is 1.13. The third-order valence-corrected chi connectivity index (χ3v) is 6.25. The van der Waals surface area contributed by atoms with Crippen molar-refractivity contribution in [2.75, 3.05) is 24.5 Å². The molecule has 2 fully saturated rings. The smallest absolute Gasteiger partial charge is 0.407 e. The average Bonchev–Trinajstić information content (AvgIpc) is 3.44. The van der Waals surface area contributed by atoms with Crippen molar-refractivity contribution in [3.8, 4) is 0 Å². The summed E-state index contributed by atoms with van der Waals surface area (Å²) in [5, 5.41) is 12.2. The summed E-state index contributed by atoms with van der Waals surface area (Å²) in [4.78, 5) is 38.0. The molecule has 1 aliphatic carbocycles. The van der Waals surface area contributed by atoms with Gasteiger partial charge in [-0.25, -0.2) is 14.0 Å². The normalized spacial score (nSPS) is 18.6. The molecule has 33 heavy (non-hydrogen) atoms. The molecule has 1 aliphatic heterocycles. The number of ether oxygens (including phenoxy) is 1. The lowest BCUT2D eigenvalue weighted by Gasteiger charge is -2.24. The molecule has 2 N–H and O–H groups in total. The number of pyridine rings is 1. The summed E-state index contributed by atoms with van der Waals surface area (Å²) in [6.45, 7) is 6.74. The van der Waals surface area contributed by atoms with Gasteiger partial charge in [-0.05, 0) is 52.0 Å². The molecule has 2 aromatic rings. The fraction of sp³-hybridized carbons (Fsp3) is 0.522. The van der Waals surface area contributed by atoms with Crippen LogP contribution in [0.5, 0.6) is 0 Å². The molecule has 0 spiro atoms. The molecule has 10 heteroatoms. The quantitative estimate of drug-likeness (QED) is 0.667. The fourth-order valence-electron chi connectivity index (χ4n) is 4.26. The molecular weight excluding hydrogens is 453 g/mol. The van der Waals surface area contributed by atoms with Crippen LogP contribution in [0.4, 0.5) is 14.9 Å². The van der Waals surface area contributed by atoms with Crippen LogP contribution in [0.1, 0.15) is 56.4 Å². The Morgan fingerprint density at radius 2 is 2.00 bits per heavy atom. The predicted octanol–water partition coefficient (Wildman–Crippen LogP) is 4.18. The minimum atomic E-state index is -1.35. The highest BCUT2D eigenvalue weighted by Crippen LogP contribution is 2.43. The number of aromatic nitrogens is 1. The van der Waals surface area contributed by atoms with Gasteiger partial charge in [0.25, 0.3) is 0 Å². The molecule has 1 amide bonds. The molecule has 4 rings (SSSR count). The van der Waals surface area contributed by atoms with E-state index in [0.717, 1.165) is 25.3 Å². The number of aromatic carboxylic acids is 1. The number of rotatable bonds is 5. The van der Waals surface area contributed by atoms with E-state index in [9.17, 15) is 19.5 Å². The number of anilines is 1. The maximum Gasteiger partial charge on any atom is 0.407 e. The first kappa shape index (κ1) is 23.4. The van der Waals surface area contributed by atoms with Crippen LogP contribution in [-0.2, 0) is 4.74 Å². The summed E-state index contributed by atoms with van der Waals surface area (Å²) in [5.74, 6) is -1.95. The number of carbonyl (C=O) groups is 2. The topological polar surface area (TPSA) is 101 Å². The van der Waals surface area contributed by atoms with E-state index >= 15 is 4.39 Å². The van der Waals surface area contributed by atoms with E-state index in [1.54, 1.807) is 25.3 Å². The Labute approximate surface area is 195 Å². The zero-order valence-corrected chi connectivity index (χ0v) is 19.5. The van der Waals surface area contributed by atoms with E-state index in [1.165, 1.54) is 6.20 Å². The molecule has 0 bridgehead atoms. The van der Waals surface area contributed by atoms with Crippen LogP contribution in [0, 0.1) is 11.7 Å². The number of nitrogens with zero attached hydrogens (tertiary/aromatic N) is 2. The van der Waals surface area contributed by atoms with Gasteiger partial charge in [-0.3, -0.25) is 4.79 Å². The average molecular weight is 480 g/mol. The minimum Gasteiger partial charge on any atom is -0.477 e. The Hall–Kier alpha value is -2.81. The van der Waals surface area contributed by atoms with Gasteiger partial charge in [-0.15, -0.1) is 0 Å². The van der Waals surface area contributed by atoms with E-state index in [2.05, 4.69) is 5.32 Å². The Bertz CT molecular complexity index is 1190. The van der Waals surface area contributed by atoms with E-state index in [1.807, 2.05) is 4.90 Å². The van der Waals surface area contributed by atoms with Crippen LogP contribution in [0.3, 0.4) is 0 Å². The van der Waals surface area contributed by atoms with Crippen LogP contribution >= 0.6 is 11.6 Å². The molecule has 1 saturated carbocycles. The number of hydrogen-bond acceptors (Lipinski definition) is 5. The number of carboxylic acid groups (broad SMARTS) is 1. The van der Waals surface area contributed by atoms with Crippen LogP contribution in [0.25, 0.3) is 10.9 Å². The number of amides is 1. The minimum absolute atomic E-state index is 0.0320. The summed E-state index contributed by atoms with van der Waals surface area (Å²) < 4.78 is 22.2. The molecule has 1 unspecified atom stereocenters. The van der Waals surface area contributed by atoms with Gasteiger partial charge in [0.15, 0.2) is 0 Å². The van der Waals surface area contributed by atoms with Gasteiger partial charge in [0.05, 0.1) is 21.6 Å². The Balaban J connectivity index is 1.62. The van der Waals surface area contributed by atoms with Gasteiger partial charge in [0.2, 0.25) is 5.43 Å². The molecule has 0 radical (unpaired) electrons. The Morgan fingerprint density at radius 3 is 2.61 bits per heavy atom. The second-order valence-electron chi connectivity index (χ2n) is 9.72. The predicted molar refractivity (Wildman–Crippen MR) is 123 cm³/mol. The maximum atomic E-state index is 15.2. The number of hydrogen-bond donors (Lipinski definition) is 2. The van der Waals surface area contributed by atoms with Gasteiger partial charge in [-0.2, -0.15) is 0 Å². The fourth-order valence-corrected chi connectivity index (χ4v) is 4.67. The van der Waals surface area contributed by atoms with Crippen molar-refractivity contribution in [3.63, 3.8) is 0 Å². The summed E-state index contributed by atoms with van der Waals surface area (Å²) in [7, 11) is 0. The lowest BCUT2D eigenvalue weighted by atomic mass is 10.1. The van der Waals surface area contributed by atoms with Gasteiger partial charge >= 0.3 is 12.1 Å². The third kappa shape index (κ3) is 4.78. The molecule has 2 heterocycles. The van der Waals surface area contributed by atoms with Crippen molar-refractivity contribution in [2.45, 2.75) is 51.7 Å². The zero-order valence-electron chi connectivity index (χ0n) is 18.8. The summed E-state index contributed by atoms with van der Waals surface area (Å²) in [5.41, 5.74) is -1.18. The highest BCUT2D eigenvalue weighted by atomic mass is 35.5. The number of alkyl carbamates (subject to hydrolysis) is 1. The summed E-state index contributed by atoms with van der Waals surface area (Å²) in [6.07, 6.45) is 3.20. The molecule has 2 aliphatic rings. The standard InChI is InChI=1S/C23H27ClFN3O5/c1-23(2,3)33-22(32)26-9-12-6-7-27(10-12)19-16(25)8-14-18(17(19)24)28(13-4-5-13)11-15(20(14)29)21(30)31/h8,11-13H,4-7,9-10H2,1-3H3,(H,26,32)(H,30,31). The molecule has 1 aromatic heterocycles. The number of benzene rings is 1. The largest absolute Gasteiger partial charge is 0.477 e. The number of fused-ring (bicyclic) bond motifs is 1. The van der Waals surface area contributed by atoms with E-state index in [4.69, 9.17) is 16.3 Å². The second kappa shape index (κ2) is 8.52. The van der Waals surface area contributed by atoms with Crippen molar-refractivity contribution < 1.29 is 23.8 Å². The van der Waals surface area contributed by atoms with Crippen molar-refractivity contribution in [1.82, 2.24) is 9.88 Å². The SMILES string of the molecule is CC(C)(C)OC(=O)NCC1CCN(c2c(F)cc3c(=O)c(C(=O)O)cn(C4CC4)c3c2Cl)C1. The van der Waals surface area contributed by atoms with Crippen molar-refractivity contribution >= 4 is 40.3 Å². The molecule has 1 saturated heterocycles. The van der Waals surface area contributed by atoms with Crippen molar-refractivity contribution in [1.29, 1.82) is 0 Å². The highest BCUT2D eigenvalue weighted by molar-refractivity contribution is 6.38. The van der Waals surface area contributed by atoms with Crippen LogP contribution < -0.4 is 15.6 Å². The summed E-state index contributed by atoms with van der Waals surface area (Å²) >= 11 is 6.68. The highest BCUT2D eigenvalue weighted by Gasteiger charge is 2.32. The first-order chi connectivity index (χ1) is 15.5. The molecule has 1 aromatic carbocycles. The van der Waals surface area contributed by atoms with E-state index in [-0.39, 0.29) is 28.1 Å². The van der Waals surface area contributed by atoms with E-state index < -0.39 is 34.5 Å². The van der Waals surface area contributed by atoms with Gasteiger partial charge < -0.3 is 24.6 Å². The first-order valence-corrected chi connectivity index (χ1v) is 11.4. The lowest BCUT2D eigenvalue weighted by molar-refractivity contribution is 0.0520. The molecular formula is C23H27ClFN3O5. The van der Waals surface area contributed by atoms with Crippen molar-refractivity contribution in [3.05, 3.63) is 38.9 Å². The van der Waals surface area contributed by atoms with Crippen LogP contribution in [-0.4, -0.2) is 47.0 Å². The number of nitrogens with one attached hydrogen (secondary N) is 1. The molecule has 178 valence electrons. The maximum absolute atomic E-state index is 15.2. The van der Waals surface area contributed by atoms with Crippen molar-refractivity contribution in [2.24, 2.45) is 5.92 Å². The second-order valence-corrected chi connectivity index (χ2v) is 10.1. The molecule has 1 atom stereocenters. The van der Waals surface area contributed by atoms with Gasteiger partial charge in [0.1, 0.15) is 17.0 Å². The Kier molecular flexibility index (Phi) is 6.03. The van der Waals surface area contributed by atoms with E-state index in [0.29, 0.717) is 25.2 Å². The number of carbonyl (C=O) groups excluding carboxylic acids is 1. The van der Waals surface area contributed by atoms with Gasteiger partial charge in [-0.1, -0.05) is 11.6 Å². The lowest BCUT2D eigenvalue weighted by Crippen LogP contribution is -2.36. The molecule has 8 nitrogen and oxygen atoms in total. The monoisotopic (exact) mass is 479 g/mol. The first-order valence-electron chi connectivity index (χ1n) is 11.0.